The predicted octanol–water partition coefficient (Wildman–Crippen LogP) is -0.128. The van der Waals surface area contributed by atoms with Crippen molar-refractivity contribution in [2.24, 2.45) is 5.73 Å². The molecule has 0 spiro atoms. The van der Waals surface area contributed by atoms with E-state index in [1.54, 1.807) is 6.07 Å². The van der Waals surface area contributed by atoms with Gasteiger partial charge >= 0.3 is 0 Å². The normalized spacial score (nSPS) is 16.4. The highest BCUT2D eigenvalue weighted by Crippen LogP contribution is 2.08. The fourth-order valence-electron chi connectivity index (χ4n) is 2.41. The summed E-state index contributed by atoms with van der Waals surface area (Å²) in [6.07, 6.45) is 3.67. The number of aromatic amines is 1. The first-order valence-electron chi connectivity index (χ1n) is 7.11. The van der Waals surface area contributed by atoms with Crippen molar-refractivity contribution in [3.05, 3.63) is 34.2 Å². The molecule has 1 aromatic heterocycles. The number of nitrogens with zero attached hydrogens (tertiary/aromatic N) is 2. The third kappa shape index (κ3) is 3.91. The van der Waals surface area contributed by atoms with E-state index >= 15 is 0 Å². The van der Waals surface area contributed by atoms with Gasteiger partial charge in [-0.05, 0) is 32.0 Å². The van der Waals surface area contributed by atoms with Gasteiger partial charge in [-0.25, -0.2) is 0 Å². The molecule has 1 aliphatic heterocycles. The minimum atomic E-state index is -0.240. The number of unbranched alkanes of at least 4 members (excludes halogenated alkanes) is 1. The number of hydrogen-bond acceptors (Lipinski definition) is 4. The molecule has 0 bridgehead atoms. The summed E-state index contributed by atoms with van der Waals surface area (Å²) in [5.74, 6) is -0.0577. The number of nitrogens with two attached hydrogens (primary N) is 1. The molecule has 0 atom stereocenters. The molecule has 0 saturated carbocycles. The van der Waals surface area contributed by atoms with Crippen LogP contribution in [0.25, 0.3) is 0 Å². The molecular weight excluding hydrogens is 256 g/mol. The summed E-state index contributed by atoms with van der Waals surface area (Å²) < 4.78 is 0. The summed E-state index contributed by atoms with van der Waals surface area (Å²) >= 11 is 0. The second-order valence-corrected chi connectivity index (χ2v) is 5.07. The second kappa shape index (κ2) is 7.21. The van der Waals surface area contributed by atoms with Crippen LogP contribution in [0.5, 0.6) is 0 Å². The van der Waals surface area contributed by atoms with Gasteiger partial charge in [-0.15, -0.1) is 0 Å². The zero-order valence-electron chi connectivity index (χ0n) is 11.7. The Morgan fingerprint density at radius 3 is 2.65 bits per heavy atom. The van der Waals surface area contributed by atoms with E-state index in [1.165, 1.54) is 12.3 Å². The average Bonchev–Trinajstić information content (AvgIpc) is 2.47. The van der Waals surface area contributed by atoms with Gasteiger partial charge in [0.2, 0.25) is 5.56 Å². The molecule has 2 rings (SSSR count). The van der Waals surface area contributed by atoms with E-state index in [4.69, 9.17) is 5.73 Å². The Bertz CT molecular complexity index is 492. The number of aromatic nitrogens is 1. The van der Waals surface area contributed by atoms with E-state index < -0.39 is 0 Å². The molecule has 0 unspecified atom stereocenters. The van der Waals surface area contributed by atoms with Crippen molar-refractivity contribution in [2.75, 3.05) is 39.3 Å². The Kier molecular flexibility index (Phi) is 5.31. The van der Waals surface area contributed by atoms with E-state index in [9.17, 15) is 9.59 Å². The van der Waals surface area contributed by atoms with Crippen molar-refractivity contribution in [1.29, 1.82) is 0 Å². The average molecular weight is 278 g/mol. The van der Waals surface area contributed by atoms with E-state index in [1.807, 2.05) is 4.90 Å². The molecule has 1 fully saturated rings. The van der Waals surface area contributed by atoms with Crippen LogP contribution in [0, 0.1) is 0 Å². The first-order chi connectivity index (χ1) is 9.70. The zero-order valence-corrected chi connectivity index (χ0v) is 11.7. The van der Waals surface area contributed by atoms with Crippen LogP contribution in [0.1, 0.15) is 23.2 Å². The van der Waals surface area contributed by atoms with Crippen LogP contribution < -0.4 is 11.3 Å². The molecule has 20 heavy (non-hydrogen) atoms. The van der Waals surface area contributed by atoms with E-state index in [0.29, 0.717) is 18.7 Å². The molecule has 0 aromatic carbocycles. The van der Waals surface area contributed by atoms with Crippen molar-refractivity contribution in [1.82, 2.24) is 14.8 Å². The highest BCUT2D eigenvalue weighted by Gasteiger charge is 2.21. The number of hydrogen-bond donors (Lipinski definition) is 2. The number of rotatable bonds is 5. The quantitative estimate of drug-likeness (QED) is 0.735. The number of nitrogens with one attached hydrogen (secondary N) is 1. The standard InChI is InChI=1S/C14H22N4O2/c15-4-1-2-6-17-7-9-18(10-8-17)14(20)12-3-5-16-13(19)11-12/h3,5,11H,1-2,4,6-10,15H2,(H,16,19). The lowest BCUT2D eigenvalue weighted by Gasteiger charge is -2.34. The fourth-order valence-corrected chi connectivity index (χ4v) is 2.41. The molecule has 6 heteroatoms. The summed E-state index contributed by atoms with van der Waals surface area (Å²) in [6.45, 7) is 4.99. The molecule has 2 heterocycles. The highest BCUT2D eigenvalue weighted by molar-refractivity contribution is 5.94. The minimum absolute atomic E-state index is 0.0577. The topological polar surface area (TPSA) is 82.4 Å². The maximum atomic E-state index is 12.3. The molecule has 3 N–H and O–H groups in total. The minimum Gasteiger partial charge on any atom is -0.336 e. The molecule has 0 aliphatic carbocycles. The van der Waals surface area contributed by atoms with Crippen molar-refractivity contribution >= 4 is 5.91 Å². The van der Waals surface area contributed by atoms with Crippen LogP contribution >= 0.6 is 0 Å². The van der Waals surface area contributed by atoms with E-state index in [2.05, 4.69) is 9.88 Å². The van der Waals surface area contributed by atoms with Crippen LogP contribution in [0.15, 0.2) is 23.1 Å². The molecule has 6 nitrogen and oxygen atoms in total. The van der Waals surface area contributed by atoms with Crippen LogP contribution in [0.4, 0.5) is 0 Å². The Morgan fingerprint density at radius 1 is 1.25 bits per heavy atom. The van der Waals surface area contributed by atoms with Gasteiger partial charge in [0.15, 0.2) is 0 Å². The first kappa shape index (κ1) is 14.7. The largest absolute Gasteiger partial charge is 0.336 e. The third-order valence-corrected chi connectivity index (χ3v) is 3.61. The SMILES string of the molecule is NCCCCN1CCN(C(=O)c2cc[nH]c(=O)c2)CC1. The molecular formula is C14H22N4O2. The highest BCUT2D eigenvalue weighted by atomic mass is 16.2. The van der Waals surface area contributed by atoms with E-state index in [-0.39, 0.29) is 11.5 Å². The lowest BCUT2D eigenvalue weighted by Crippen LogP contribution is -2.49. The lowest BCUT2D eigenvalue weighted by atomic mass is 10.2. The Balaban J connectivity index is 1.84. The Morgan fingerprint density at radius 2 is 2.00 bits per heavy atom. The van der Waals surface area contributed by atoms with Gasteiger partial charge in [-0.3, -0.25) is 14.5 Å². The molecule has 1 saturated heterocycles. The first-order valence-corrected chi connectivity index (χ1v) is 7.11. The van der Waals surface area contributed by atoms with Crippen molar-refractivity contribution in [3.63, 3.8) is 0 Å². The van der Waals surface area contributed by atoms with Gasteiger partial charge in [0.1, 0.15) is 0 Å². The van der Waals surface area contributed by atoms with Gasteiger partial charge in [-0.2, -0.15) is 0 Å². The van der Waals surface area contributed by atoms with Crippen molar-refractivity contribution < 1.29 is 4.79 Å². The molecule has 1 aromatic rings. The lowest BCUT2D eigenvalue weighted by molar-refractivity contribution is 0.0635. The summed E-state index contributed by atoms with van der Waals surface area (Å²) in [6, 6.07) is 3.01. The molecule has 110 valence electrons. The summed E-state index contributed by atoms with van der Waals surface area (Å²) in [5, 5.41) is 0. The summed E-state index contributed by atoms with van der Waals surface area (Å²) in [5.41, 5.74) is 5.71. The maximum Gasteiger partial charge on any atom is 0.254 e. The number of pyridine rings is 1. The Labute approximate surface area is 118 Å². The van der Waals surface area contributed by atoms with Gasteiger partial charge in [0.25, 0.3) is 5.91 Å². The van der Waals surface area contributed by atoms with Crippen molar-refractivity contribution in [2.45, 2.75) is 12.8 Å². The number of amides is 1. The van der Waals surface area contributed by atoms with Crippen LogP contribution in [0.3, 0.4) is 0 Å². The number of H-pyrrole nitrogens is 1. The van der Waals surface area contributed by atoms with Crippen LogP contribution in [0.2, 0.25) is 0 Å². The molecule has 0 radical (unpaired) electrons. The van der Waals surface area contributed by atoms with Gasteiger partial charge in [-0.1, -0.05) is 0 Å². The number of piperazine rings is 1. The number of carbonyl (C=O) groups is 1. The van der Waals surface area contributed by atoms with E-state index in [0.717, 1.165) is 39.0 Å². The third-order valence-electron chi connectivity index (χ3n) is 3.61. The predicted molar refractivity (Wildman–Crippen MR) is 77.7 cm³/mol. The second-order valence-electron chi connectivity index (χ2n) is 5.07. The number of carbonyl (C=O) groups excluding carboxylic acids is 1. The Hall–Kier alpha value is -1.66. The summed E-state index contributed by atoms with van der Waals surface area (Å²) in [7, 11) is 0. The van der Waals surface area contributed by atoms with Crippen molar-refractivity contribution in [3.8, 4) is 0 Å². The zero-order chi connectivity index (χ0) is 14.4. The van der Waals surface area contributed by atoms with Crippen LogP contribution in [-0.2, 0) is 0 Å². The van der Waals surface area contributed by atoms with Crippen LogP contribution in [-0.4, -0.2) is 60.0 Å². The van der Waals surface area contributed by atoms with Gasteiger partial charge in [0, 0.05) is 44.0 Å². The smallest absolute Gasteiger partial charge is 0.254 e. The molecule has 1 aliphatic rings. The maximum absolute atomic E-state index is 12.3. The monoisotopic (exact) mass is 278 g/mol. The molecule has 1 amide bonds. The van der Waals surface area contributed by atoms with Gasteiger partial charge < -0.3 is 15.6 Å². The van der Waals surface area contributed by atoms with Gasteiger partial charge in [0.05, 0.1) is 0 Å². The summed E-state index contributed by atoms with van der Waals surface area (Å²) in [4.78, 5) is 30.2. The fraction of sp³-hybridized carbons (Fsp3) is 0.571.